The summed E-state index contributed by atoms with van der Waals surface area (Å²) in [6.45, 7) is 0. The Morgan fingerprint density at radius 3 is 2.19 bits per heavy atom. The van der Waals surface area contributed by atoms with Gasteiger partial charge < -0.3 is 10.5 Å². The smallest absolute Gasteiger partial charge is 0.139 e. The normalized spacial score (nSPS) is 28.0. The van der Waals surface area contributed by atoms with E-state index in [-0.39, 0.29) is 17.6 Å². The summed E-state index contributed by atoms with van der Waals surface area (Å²) in [6, 6.07) is 3.58. The Morgan fingerprint density at radius 1 is 0.952 bits per heavy atom. The summed E-state index contributed by atoms with van der Waals surface area (Å²) in [5, 5.41) is 1.42. The van der Waals surface area contributed by atoms with Crippen LogP contribution in [0.4, 0.5) is 0 Å². The fraction of sp³-hybridized carbons (Fsp3) is 0.625. The molecule has 2 nitrogen and oxygen atoms in total. The van der Waals surface area contributed by atoms with Crippen LogP contribution in [0.15, 0.2) is 12.1 Å². The molecular formula is C16H20Cl3NO. The van der Waals surface area contributed by atoms with Gasteiger partial charge >= 0.3 is 0 Å². The Hall–Kier alpha value is -0.150. The van der Waals surface area contributed by atoms with Crippen molar-refractivity contribution in [3.8, 4) is 5.75 Å². The number of halogens is 3. The van der Waals surface area contributed by atoms with Crippen molar-refractivity contribution < 1.29 is 4.74 Å². The van der Waals surface area contributed by atoms with Crippen molar-refractivity contribution in [2.45, 2.75) is 57.1 Å². The minimum atomic E-state index is 0.117. The monoisotopic (exact) mass is 347 g/mol. The number of ether oxygens (including phenoxy) is 1. The molecule has 3 rings (SSSR count). The molecule has 0 saturated heterocycles. The molecule has 1 spiro atoms. The molecule has 1 aromatic rings. The van der Waals surface area contributed by atoms with Gasteiger partial charge in [-0.2, -0.15) is 0 Å². The molecule has 2 aliphatic carbocycles. The van der Waals surface area contributed by atoms with E-state index in [1.165, 1.54) is 25.7 Å². The predicted molar refractivity (Wildman–Crippen MR) is 88.6 cm³/mol. The van der Waals surface area contributed by atoms with E-state index in [4.69, 9.17) is 45.3 Å². The highest BCUT2D eigenvalue weighted by Crippen LogP contribution is 2.52. The number of nitrogens with two attached hydrogens (primary N) is 1. The van der Waals surface area contributed by atoms with Crippen molar-refractivity contribution in [3.63, 3.8) is 0 Å². The first-order valence-electron chi connectivity index (χ1n) is 7.60. The first-order chi connectivity index (χ1) is 10.0. The van der Waals surface area contributed by atoms with Crippen LogP contribution in [-0.4, -0.2) is 12.1 Å². The first kappa shape index (κ1) is 15.7. The maximum absolute atomic E-state index is 6.33. The molecular weight excluding hydrogens is 329 g/mol. The lowest BCUT2D eigenvalue weighted by molar-refractivity contribution is -0.0769. The van der Waals surface area contributed by atoms with Gasteiger partial charge in [0.1, 0.15) is 11.9 Å². The second-order valence-corrected chi connectivity index (χ2v) is 7.51. The van der Waals surface area contributed by atoms with Crippen LogP contribution in [0, 0.1) is 5.41 Å². The quantitative estimate of drug-likeness (QED) is 0.720. The minimum Gasteiger partial charge on any atom is -0.488 e. The van der Waals surface area contributed by atoms with Crippen LogP contribution in [0.3, 0.4) is 0 Å². The topological polar surface area (TPSA) is 35.2 Å². The molecule has 2 saturated carbocycles. The van der Waals surface area contributed by atoms with E-state index in [0.717, 1.165) is 19.3 Å². The van der Waals surface area contributed by atoms with Gasteiger partial charge in [-0.25, -0.2) is 0 Å². The molecule has 2 fully saturated rings. The van der Waals surface area contributed by atoms with E-state index in [0.29, 0.717) is 20.8 Å². The summed E-state index contributed by atoms with van der Waals surface area (Å²) >= 11 is 18.3. The standard InChI is InChI=1S/C16H20Cl3NO/c17-10-7-12(19)13(8-11(10)18)21-15-9-14(20)16(15)5-3-1-2-4-6-16/h7-8,14-15H,1-6,9,20H2. The number of rotatable bonds is 2. The van der Waals surface area contributed by atoms with Gasteiger partial charge in [0.05, 0.1) is 15.1 Å². The highest BCUT2D eigenvalue weighted by atomic mass is 35.5. The molecule has 2 aliphatic rings. The molecule has 116 valence electrons. The lowest BCUT2D eigenvalue weighted by atomic mass is 9.58. The Labute approximate surface area is 140 Å². The molecule has 0 heterocycles. The molecule has 2 unspecified atom stereocenters. The third-order valence-electron chi connectivity index (χ3n) is 5.13. The average Bonchev–Trinajstić information content (AvgIpc) is 2.72. The fourth-order valence-corrected chi connectivity index (χ4v) is 4.35. The van der Waals surface area contributed by atoms with Crippen molar-refractivity contribution in [3.05, 3.63) is 27.2 Å². The van der Waals surface area contributed by atoms with Crippen LogP contribution in [0.25, 0.3) is 0 Å². The van der Waals surface area contributed by atoms with Crippen molar-refractivity contribution in [2.24, 2.45) is 11.1 Å². The van der Waals surface area contributed by atoms with Crippen molar-refractivity contribution in [1.82, 2.24) is 0 Å². The lowest BCUT2D eigenvalue weighted by Crippen LogP contribution is -2.63. The van der Waals surface area contributed by atoms with Crippen molar-refractivity contribution in [2.75, 3.05) is 0 Å². The van der Waals surface area contributed by atoms with Gasteiger partial charge in [0.2, 0.25) is 0 Å². The zero-order valence-electron chi connectivity index (χ0n) is 11.9. The largest absolute Gasteiger partial charge is 0.488 e. The van der Waals surface area contributed by atoms with Crippen molar-refractivity contribution in [1.29, 1.82) is 0 Å². The summed E-state index contributed by atoms with van der Waals surface area (Å²) in [7, 11) is 0. The summed E-state index contributed by atoms with van der Waals surface area (Å²) in [6.07, 6.45) is 8.40. The van der Waals surface area contributed by atoms with Gasteiger partial charge in [0.15, 0.2) is 0 Å². The number of hydrogen-bond acceptors (Lipinski definition) is 2. The second kappa shape index (κ2) is 6.16. The molecule has 1 aromatic carbocycles. The SMILES string of the molecule is NC1CC(Oc2cc(Cl)c(Cl)cc2Cl)C12CCCCCC2. The molecule has 21 heavy (non-hydrogen) atoms. The number of hydrogen-bond donors (Lipinski definition) is 1. The fourth-order valence-electron chi connectivity index (χ4n) is 3.77. The highest BCUT2D eigenvalue weighted by molar-refractivity contribution is 6.43. The first-order valence-corrected chi connectivity index (χ1v) is 8.73. The molecule has 5 heteroatoms. The molecule has 2 N–H and O–H groups in total. The molecule has 0 aliphatic heterocycles. The molecule has 0 aromatic heterocycles. The third-order valence-corrected chi connectivity index (χ3v) is 6.14. The van der Waals surface area contributed by atoms with E-state index in [2.05, 4.69) is 0 Å². The minimum absolute atomic E-state index is 0.117. The van der Waals surface area contributed by atoms with Crippen LogP contribution in [0.5, 0.6) is 5.75 Å². The number of benzene rings is 1. The van der Waals surface area contributed by atoms with Crippen LogP contribution in [0.1, 0.15) is 44.9 Å². The van der Waals surface area contributed by atoms with Gasteiger partial charge in [-0.05, 0) is 18.9 Å². The van der Waals surface area contributed by atoms with Gasteiger partial charge in [-0.15, -0.1) is 0 Å². The van der Waals surface area contributed by atoms with E-state index < -0.39 is 0 Å². The van der Waals surface area contributed by atoms with Gasteiger partial charge in [0, 0.05) is 23.9 Å². The van der Waals surface area contributed by atoms with E-state index in [1.54, 1.807) is 12.1 Å². The Balaban J connectivity index is 1.80. The Bertz CT molecular complexity index is 526. The van der Waals surface area contributed by atoms with Crippen molar-refractivity contribution >= 4 is 34.8 Å². The van der Waals surface area contributed by atoms with E-state index >= 15 is 0 Å². The molecule has 2 atom stereocenters. The lowest BCUT2D eigenvalue weighted by Gasteiger charge is -2.54. The predicted octanol–water partition coefficient (Wildman–Crippen LogP) is 5.47. The van der Waals surface area contributed by atoms with Crippen LogP contribution in [0.2, 0.25) is 15.1 Å². The molecule has 0 amide bonds. The molecule has 0 bridgehead atoms. The summed E-state index contributed by atoms with van der Waals surface area (Å²) in [4.78, 5) is 0. The zero-order chi connectivity index (χ0) is 15.0. The van der Waals surface area contributed by atoms with Crippen LogP contribution >= 0.6 is 34.8 Å². The summed E-state index contributed by atoms with van der Waals surface area (Å²) in [5.74, 6) is 0.617. The van der Waals surface area contributed by atoms with E-state index in [1.807, 2.05) is 0 Å². The van der Waals surface area contributed by atoms with E-state index in [9.17, 15) is 0 Å². The van der Waals surface area contributed by atoms with Crippen LogP contribution in [-0.2, 0) is 0 Å². The average molecular weight is 349 g/mol. The second-order valence-electron chi connectivity index (χ2n) is 6.29. The third kappa shape index (κ3) is 2.88. The summed E-state index contributed by atoms with van der Waals surface area (Å²) < 4.78 is 6.18. The Morgan fingerprint density at radius 2 is 1.57 bits per heavy atom. The maximum atomic E-state index is 6.33. The van der Waals surface area contributed by atoms with Gasteiger partial charge in [-0.3, -0.25) is 0 Å². The maximum Gasteiger partial charge on any atom is 0.139 e. The van der Waals surface area contributed by atoms with Gasteiger partial charge in [0.25, 0.3) is 0 Å². The molecule has 0 radical (unpaired) electrons. The van der Waals surface area contributed by atoms with Gasteiger partial charge in [-0.1, -0.05) is 60.5 Å². The summed E-state index contributed by atoms with van der Waals surface area (Å²) in [5.41, 5.74) is 6.45. The Kier molecular flexibility index (Phi) is 4.61. The van der Waals surface area contributed by atoms with Crippen LogP contribution < -0.4 is 10.5 Å². The highest BCUT2D eigenvalue weighted by Gasteiger charge is 2.54. The zero-order valence-corrected chi connectivity index (χ0v) is 14.1.